The number of carbonyl (C=O) groups excluding carboxylic acids is 2. The van der Waals surface area contributed by atoms with Crippen molar-refractivity contribution < 1.29 is 29.3 Å². The second-order valence-electron chi connectivity index (χ2n) is 7.09. The average Bonchev–Trinajstić information content (AvgIpc) is 2.63. The summed E-state index contributed by atoms with van der Waals surface area (Å²) < 4.78 is 10.7. The van der Waals surface area contributed by atoms with Gasteiger partial charge in [0, 0.05) is 12.7 Å². The minimum atomic E-state index is -2.47. The van der Waals surface area contributed by atoms with Crippen molar-refractivity contribution in [1.82, 2.24) is 0 Å². The SMILES string of the molecule is CC[C@H](C)/C=C(C)/C=C/C1=CC2=C(Cl)C(=O)[C@](C)(O)C(=O)[C@@]2(O)[C@H](OC)O1. The number of hydrogen-bond donors (Lipinski definition) is 2. The molecule has 1 aliphatic heterocycles. The highest BCUT2D eigenvalue weighted by Crippen LogP contribution is 2.43. The maximum absolute atomic E-state index is 12.6. The molecule has 2 N–H and O–H groups in total. The van der Waals surface area contributed by atoms with E-state index in [2.05, 4.69) is 19.9 Å². The predicted molar refractivity (Wildman–Crippen MR) is 101 cm³/mol. The van der Waals surface area contributed by atoms with Crippen molar-refractivity contribution in [2.45, 2.75) is 51.6 Å². The molecule has 0 fully saturated rings. The van der Waals surface area contributed by atoms with Gasteiger partial charge in [-0.3, -0.25) is 9.59 Å². The standard InChI is InChI=1S/C20H25ClO6/c1-6-11(2)9-12(3)7-8-13-10-14-15(21)16(22)19(4,24)17(23)20(14,25)18(26-5)27-13/h7-11,18,24-25H,6H2,1-5H3/b8-7+,12-9+/t11-,18+,19-,20+/m0/s1. The first-order valence-electron chi connectivity index (χ1n) is 8.72. The smallest absolute Gasteiger partial charge is 0.240 e. The van der Waals surface area contributed by atoms with Crippen LogP contribution in [-0.2, 0) is 19.1 Å². The van der Waals surface area contributed by atoms with Crippen molar-refractivity contribution in [3.05, 3.63) is 46.2 Å². The van der Waals surface area contributed by atoms with Gasteiger partial charge < -0.3 is 19.7 Å². The maximum atomic E-state index is 12.6. The molecule has 0 unspecified atom stereocenters. The van der Waals surface area contributed by atoms with Gasteiger partial charge in [-0.05, 0) is 31.9 Å². The Bertz CT molecular complexity index is 773. The van der Waals surface area contributed by atoms with Gasteiger partial charge in [0.2, 0.25) is 23.5 Å². The van der Waals surface area contributed by atoms with Gasteiger partial charge in [-0.15, -0.1) is 0 Å². The second-order valence-corrected chi connectivity index (χ2v) is 7.46. The van der Waals surface area contributed by atoms with Crippen LogP contribution in [0.4, 0.5) is 0 Å². The second kappa shape index (κ2) is 7.72. The van der Waals surface area contributed by atoms with Crippen molar-refractivity contribution in [2.24, 2.45) is 5.92 Å². The minimum absolute atomic E-state index is 0.146. The van der Waals surface area contributed by atoms with Crippen LogP contribution in [0.2, 0.25) is 0 Å². The largest absolute Gasteiger partial charge is 0.461 e. The molecule has 0 saturated carbocycles. The summed E-state index contributed by atoms with van der Waals surface area (Å²) in [7, 11) is 1.24. The lowest BCUT2D eigenvalue weighted by molar-refractivity contribution is -0.210. The van der Waals surface area contributed by atoms with E-state index in [4.69, 9.17) is 21.1 Å². The molecule has 4 atom stereocenters. The summed E-state index contributed by atoms with van der Waals surface area (Å²) in [5, 5.41) is 20.7. The number of ketones is 2. The normalized spacial score (nSPS) is 33.1. The number of methoxy groups -OCH3 is 1. The lowest BCUT2D eigenvalue weighted by Gasteiger charge is -2.44. The first kappa shape index (κ1) is 21.6. The number of Topliss-reactive ketones (excluding diaryl/α,β-unsaturated/α-hetero) is 2. The van der Waals surface area contributed by atoms with E-state index in [1.165, 1.54) is 13.2 Å². The molecule has 1 heterocycles. The molecule has 0 aromatic heterocycles. The zero-order valence-corrected chi connectivity index (χ0v) is 16.8. The molecule has 1 aliphatic carbocycles. The summed E-state index contributed by atoms with van der Waals surface area (Å²) in [5.74, 6) is -1.43. The highest BCUT2D eigenvalue weighted by molar-refractivity contribution is 6.48. The molecule has 0 radical (unpaired) electrons. The predicted octanol–water partition coefficient (Wildman–Crippen LogP) is 2.55. The molecule has 0 spiro atoms. The average molecular weight is 397 g/mol. The molecule has 0 aromatic carbocycles. The lowest BCUT2D eigenvalue weighted by Crippen LogP contribution is -2.66. The van der Waals surface area contributed by atoms with Crippen LogP contribution < -0.4 is 0 Å². The van der Waals surface area contributed by atoms with Gasteiger partial charge in [0.1, 0.15) is 5.76 Å². The van der Waals surface area contributed by atoms with E-state index in [-0.39, 0.29) is 11.3 Å². The van der Waals surface area contributed by atoms with E-state index in [0.29, 0.717) is 5.92 Å². The Hall–Kier alpha value is -1.73. The molecular weight excluding hydrogens is 372 g/mol. The van der Waals surface area contributed by atoms with Gasteiger partial charge in [-0.25, -0.2) is 0 Å². The summed E-state index contributed by atoms with van der Waals surface area (Å²) >= 11 is 6.08. The van der Waals surface area contributed by atoms with Gasteiger partial charge >= 0.3 is 0 Å². The van der Waals surface area contributed by atoms with Crippen LogP contribution in [0.15, 0.2) is 46.2 Å². The van der Waals surface area contributed by atoms with Crippen LogP contribution in [0.1, 0.15) is 34.1 Å². The third kappa shape index (κ3) is 3.67. The Balaban J connectivity index is 2.51. The number of allylic oxidation sites excluding steroid dienone is 4. The van der Waals surface area contributed by atoms with E-state index in [9.17, 15) is 19.8 Å². The number of ether oxygens (including phenoxy) is 2. The fraction of sp³-hybridized carbons (Fsp3) is 0.500. The lowest BCUT2D eigenvalue weighted by atomic mass is 9.72. The molecule has 0 saturated heterocycles. The summed E-state index contributed by atoms with van der Waals surface area (Å²) in [6.07, 6.45) is 6.41. The first-order chi connectivity index (χ1) is 12.5. The van der Waals surface area contributed by atoms with Gasteiger partial charge in [-0.2, -0.15) is 0 Å². The number of aliphatic hydroxyl groups is 2. The van der Waals surface area contributed by atoms with Crippen molar-refractivity contribution in [3.63, 3.8) is 0 Å². The molecule has 27 heavy (non-hydrogen) atoms. The maximum Gasteiger partial charge on any atom is 0.240 e. The fourth-order valence-electron chi connectivity index (χ4n) is 3.03. The van der Waals surface area contributed by atoms with E-state index in [0.717, 1.165) is 18.9 Å². The molecule has 2 rings (SSSR count). The first-order valence-corrected chi connectivity index (χ1v) is 9.10. The Kier molecular flexibility index (Phi) is 6.16. The van der Waals surface area contributed by atoms with E-state index >= 15 is 0 Å². The van der Waals surface area contributed by atoms with Crippen molar-refractivity contribution in [1.29, 1.82) is 0 Å². The van der Waals surface area contributed by atoms with Gasteiger partial charge in [0.15, 0.2) is 5.60 Å². The van der Waals surface area contributed by atoms with Gasteiger partial charge in [0.25, 0.3) is 0 Å². The molecule has 6 nitrogen and oxygen atoms in total. The third-order valence-corrected chi connectivity index (χ3v) is 5.24. The van der Waals surface area contributed by atoms with E-state index < -0.39 is 34.1 Å². The van der Waals surface area contributed by atoms with Crippen molar-refractivity contribution in [3.8, 4) is 0 Å². The van der Waals surface area contributed by atoms with Gasteiger partial charge in [-0.1, -0.05) is 49.6 Å². The summed E-state index contributed by atoms with van der Waals surface area (Å²) in [6.45, 7) is 7.12. The summed E-state index contributed by atoms with van der Waals surface area (Å²) in [6, 6.07) is 0. The Morgan fingerprint density at radius 1 is 1.44 bits per heavy atom. The van der Waals surface area contributed by atoms with Crippen LogP contribution in [-0.4, -0.2) is 46.4 Å². The number of rotatable bonds is 5. The highest BCUT2D eigenvalue weighted by atomic mass is 35.5. The highest BCUT2D eigenvalue weighted by Gasteiger charge is 2.63. The number of fused-ring (bicyclic) bond motifs is 1. The van der Waals surface area contributed by atoms with E-state index in [1.807, 2.05) is 13.0 Å². The molecule has 2 aliphatic rings. The zero-order chi connectivity index (χ0) is 20.6. The molecular formula is C20H25ClO6. The third-order valence-electron chi connectivity index (χ3n) is 4.86. The number of hydrogen-bond acceptors (Lipinski definition) is 6. The molecule has 148 valence electrons. The van der Waals surface area contributed by atoms with Crippen LogP contribution in [0.25, 0.3) is 0 Å². The molecule has 0 bridgehead atoms. The Morgan fingerprint density at radius 2 is 2.07 bits per heavy atom. The van der Waals surface area contributed by atoms with Crippen LogP contribution in [0, 0.1) is 5.92 Å². The van der Waals surface area contributed by atoms with E-state index in [1.54, 1.807) is 6.08 Å². The minimum Gasteiger partial charge on any atom is -0.461 e. The zero-order valence-electron chi connectivity index (χ0n) is 16.1. The quantitative estimate of drug-likeness (QED) is 0.548. The van der Waals surface area contributed by atoms with Crippen molar-refractivity contribution in [2.75, 3.05) is 7.11 Å². The van der Waals surface area contributed by atoms with Crippen molar-refractivity contribution >= 4 is 23.2 Å². The number of carbonyl (C=O) groups is 2. The number of halogens is 1. The Labute approximate surface area is 163 Å². The topological polar surface area (TPSA) is 93.1 Å². The van der Waals surface area contributed by atoms with Crippen LogP contribution in [0.3, 0.4) is 0 Å². The molecule has 0 amide bonds. The van der Waals surface area contributed by atoms with Gasteiger partial charge in [0.05, 0.1) is 5.03 Å². The fourth-order valence-corrected chi connectivity index (χ4v) is 3.42. The molecule has 0 aromatic rings. The summed E-state index contributed by atoms with van der Waals surface area (Å²) in [5.41, 5.74) is -4.00. The molecule has 7 heteroatoms. The Morgan fingerprint density at radius 3 is 2.63 bits per heavy atom. The summed E-state index contributed by atoms with van der Waals surface area (Å²) in [4.78, 5) is 24.9. The van der Waals surface area contributed by atoms with Crippen LogP contribution in [0.5, 0.6) is 0 Å². The monoisotopic (exact) mass is 396 g/mol. The van der Waals surface area contributed by atoms with Crippen LogP contribution >= 0.6 is 11.6 Å².